The van der Waals surface area contributed by atoms with Gasteiger partial charge in [-0.15, -0.1) is 0 Å². The molecule has 6 heteroatoms. The van der Waals surface area contributed by atoms with E-state index in [1.54, 1.807) is 25.3 Å². The maximum absolute atomic E-state index is 12.4. The van der Waals surface area contributed by atoms with Crippen molar-refractivity contribution in [3.8, 4) is 0 Å². The second-order valence-corrected chi connectivity index (χ2v) is 5.23. The van der Waals surface area contributed by atoms with Crippen LogP contribution in [0.3, 0.4) is 0 Å². The molecule has 110 valence electrons. The topological polar surface area (TPSA) is 73.2 Å². The van der Waals surface area contributed by atoms with E-state index in [0.29, 0.717) is 29.7 Å². The van der Waals surface area contributed by atoms with E-state index in [1.807, 2.05) is 0 Å². The third kappa shape index (κ3) is 2.95. The minimum Gasteiger partial charge on any atom is -0.383 e. The number of amides is 1. The van der Waals surface area contributed by atoms with Gasteiger partial charge in [-0.05, 0) is 31.0 Å². The quantitative estimate of drug-likeness (QED) is 0.902. The lowest BCUT2D eigenvalue weighted by molar-refractivity contribution is -0.117. The second-order valence-electron chi connectivity index (χ2n) is 5.23. The summed E-state index contributed by atoms with van der Waals surface area (Å²) in [6.45, 7) is 0.905. The van der Waals surface area contributed by atoms with Crippen molar-refractivity contribution in [2.45, 2.75) is 19.4 Å². The Bertz CT molecular complexity index is 735. The van der Waals surface area contributed by atoms with Gasteiger partial charge in [0.2, 0.25) is 5.91 Å². The van der Waals surface area contributed by atoms with Gasteiger partial charge in [0.15, 0.2) is 0 Å². The van der Waals surface area contributed by atoms with E-state index in [1.165, 1.54) is 10.9 Å². The number of carbonyl (C=O) groups excluding carboxylic acids is 1. The number of hydrogen-bond acceptors (Lipinski definition) is 4. The molecule has 21 heavy (non-hydrogen) atoms. The lowest BCUT2D eigenvalue weighted by Crippen LogP contribution is -2.22. The van der Waals surface area contributed by atoms with Crippen LogP contribution in [0.5, 0.6) is 0 Å². The lowest BCUT2D eigenvalue weighted by atomic mass is 10.2. The second kappa shape index (κ2) is 5.65. The zero-order valence-corrected chi connectivity index (χ0v) is 11.8. The van der Waals surface area contributed by atoms with Crippen molar-refractivity contribution in [3.63, 3.8) is 0 Å². The average Bonchev–Trinajstić information content (AvgIpc) is 3.32. The summed E-state index contributed by atoms with van der Waals surface area (Å²) in [6.07, 6.45) is 3.42. The minimum atomic E-state index is -0.125. The van der Waals surface area contributed by atoms with Crippen molar-refractivity contribution in [1.29, 1.82) is 0 Å². The molecule has 1 aliphatic rings. The highest BCUT2D eigenvalue weighted by Crippen LogP contribution is 2.30. The number of ether oxygens (including phenoxy) is 1. The van der Waals surface area contributed by atoms with E-state index in [4.69, 9.17) is 4.74 Å². The van der Waals surface area contributed by atoms with E-state index in [9.17, 15) is 9.59 Å². The first-order valence-corrected chi connectivity index (χ1v) is 6.98. The van der Waals surface area contributed by atoms with Gasteiger partial charge in [0.05, 0.1) is 30.4 Å². The summed E-state index contributed by atoms with van der Waals surface area (Å²) in [5.41, 5.74) is 1.14. The molecule has 0 bridgehead atoms. The number of hydrogen-bond donors (Lipinski definition) is 1. The standard InChI is InChI=1S/C15H17N3O3/c1-21-7-6-18-9-16-13-5-4-11(8-12(13)15(18)20)17-14(19)10-2-3-10/h4-5,8-10H,2-3,6-7H2,1H3,(H,17,19). The van der Waals surface area contributed by atoms with E-state index < -0.39 is 0 Å². The van der Waals surface area contributed by atoms with Crippen LogP contribution in [0.1, 0.15) is 12.8 Å². The highest BCUT2D eigenvalue weighted by Gasteiger charge is 2.29. The van der Waals surface area contributed by atoms with Crippen LogP contribution in [0, 0.1) is 5.92 Å². The largest absolute Gasteiger partial charge is 0.383 e. The van der Waals surface area contributed by atoms with Crippen molar-refractivity contribution in [2.75, 3.05) is 19.0 Å². The van der Waals surface area contributed by atoms with Crippen LogP contribution in [0.2, 0.25) is 0 Å². The summed E-state index contributed by atoms with van der Waals surface area (Å²) >= 11 is 0. The van der Waals surface area contributed by atoms with Gasteiger partial charge < -0.3 is 10.1 Å². The monoisotopic (exact) mass is 287 g/mol. The van der Waals surface area contributed by atoms with Gasteiger partial charge in [-0.1, -0.05) is 0 Å². The fourth-order valence-electron chi connectivity index (χ4n) is 2.18. The van der Waals surface area contributed by atoms with Gasteiger partial charge in [0, 0.05) is 18.7 Å². The molecule has 1 amide bonds. The summed E-state index contributed by atoms with van der Waals surface area (Å²) < 4.78 is 6.49. The number of fused-ring (bicyclic) bond motifs is 1. The number of aromatic nitrogens is 2. The van der Waals surface area contributed by atoms with Crippen LogP contribution >= 0.6 is 0 Å². The van der Waals surface area contributed by atoms with Crippen LogP contribution < -0.4 is 10.9 Å². The molecule has 3 rings (SSSR count). The molecule has 1 heterocycles. The Morgan fingerprint density at radius 2 is 2.29 bits per heavy atom. The van der Waals surface area contributed by atoms with Crippen LogP contribution in [0.4, 0.5) is 5.69 Å². The predicted octanol–water partition coefficient (Wildman–Crippen LogP) is 1.39. The van der Waals surface area contributed by atoms with Gasteiger partial charge in [-0.2, -0.15) is 0 Å². The third-order valence-corrected chi connectivity index (χ3v) is 3.58. The molecule has 1 fully saturated rings. The molecule has 1 aliphatic carbocycles. The molecule has 2 aromatic rings. The Hall–Kier alpha value is -2.21. The number of methoxy groups -OCH3 is 1. The number of benzene rings is 1. The van der Waals surface area contributed by atoms with Crippen LogP contribution in [0.15, 0.2) is 29.3 Å². The zero-order chi connectivity index (χ0) is 14.8. The van der Waals surface area contributed by atoms with Crippen molar-refractivity contribution in [1.82, 2.24) is 9.55 Å². The summed E-state index contributed by atoms with van der Waals surface area (Å²) in [5, 5.41) is 3.35. The molecule has 1 aromatic heterocycles. The first-order valence-electron chi connectivity index (χ1n) is 6.98. The van der Waals surface area contributed by atoms with Crippen LogP contribution in [-0.4, -0.2) is 29.2 Å². The van der Waals surface area contributed by atoms with Gasteiger partial charge >= 0.3 is 0 Å². The highest BCUT2D eigenvalue weighted by molar-refractivity contribution is 5.96. The van der Waals surface area contributed by atoms with E-state index >= 15 is 0 Å². The summed E-state index contributed by atoms with van der Waals surface area (Å²) in [4.78, 5) is 28.4. The first kappa shape index (κ1) is 13.8. The lowest BCUT2D eigenvalue weighted by Gasteiger charge is -2.08. The minimum absolute atomic E-state index is 0.0259. The molecule has 0 unspecified atom stereocenters. The SMILES string of the molecule is COCCn1cnc2ccc(NC(=O)C3CC3)cc2c1=O. The van der Waals surface area contributed by atoms with Gasteiger partial charge in [0.25, 0.3) is 5.56 Å². The van der Waals surface area contributed by atoms with Crippen LogP contribution in [-0.2, 0) is 16.1 Å². The molecule has 1 aromatic carbocycles. The predicted molar refractivity (Wildman–Crippen MR) is 79.2 cm³/mol. The maximum Gasteiger partial charge on any atom is 0.261 e. The smallest absolute Gasteiger partial charge is 0.261 e. The van der Waals surface area contributed by atoms with Gasteiger partial charge in [-0.25, -0.2) is 4.98 Å². The number of rotatable bonds is 5. The Balaban J connectivity index is 1.92. The van der Waals surface area contributed by atoms with E-state index in [2.05, 4.69) is 10.3 Å². The summed E-state index contributed by atoms with van der Waals surface area (Å²) in [5.74, 6) is 0.158. The Morgan fingerprint density at radius 3 is 3.00 bits per heavy atom. The zero-order valence-electron chi connectivity index (χ0n) is 11.8. The van der Waals surface area contributed by atoms with Crippen molar-refractivity contribution in [2.24, 2.45) is 5.92 Å². The molecule has 0 radical (unpaired) electrons. The van der Waals surface area contributed by atoms with Crippen molar-refractivity contribution in [3.05, 3.63) is 34.9 Å². The molecular weight excluding hydrogens is 270 g/mol. The Kier molecular flexibility index (Phi) is 3.70. The molecule has 1 N–H and O–H groups in total. The first-order chi connectivity index (χ1) is 10.2. The fourth-order valence-corrected chi connectivity index (χ4v) is 2.18. The Morgan fingerprint density at radius 1 is 1.48 bits per heavy atom. The van der Waals surface area contributed by atoms with E-state index in [0.717, 1.165) is 12.8 Å². The Labute approximate surface area is 121 Å². The molecule has 6 nitrogen and oxygen atoms in total. The number of anilines is 1. The molecular formula is C15H17N3O3. The third-order valence-electron chi connectivity index (χ3n) is 3.58. The van der Waals surface area contributed by atoms with E-state index in [-0.39, 0.29) is 17.4 Å². The molecule has 0 spiro atoms. The molecule has 1 saturated carbocycles. The molecule has 0 aliphatic heterocycles. The average molecular weight is 287 g/mol. The van der Waals surface area contributed by atoms with Crippen molar-refractivity contribution >= 4 is 22.5 Å². The van der Waals surface area contributed by atoms with Gasteiger partial charge in [-0.3, -0.25) is 14.2 Å². The van der Waals surface area contributed by atoms with Crippen molar-refractivity contribution < 1.29 is 9.53 Å². The maximum atomic E-state index is 12.4. The fraction of sp³-hybridized carbons (Fsp3) is 0.400. The molecule has 0 saturated heterocycles. The summed E-state index contributed by atoms with van der Waals surface area (Å²) in [7, 11) is 1.59. The summed E-state index contributed by atoms with van der Waals surface area (Å²) in [6, 6.07) is 5.21. The number of nitrogens with zero attached hydrogens (tertiary/aromatic N) is 2. The number of nitrogens with one attached hydrogen (secondary N) is 1. The molecule has 0 atom stereocenters. The van der Waals surface area contributed by atoms with Gasteiger partial charge in [0.1, 0.15) is 0 Å². The normalized spacial score (nSPS) is 14.3. The van der Waals surface area contributed by atoms with Crippen LogP contribution in [0.25, 0.3) is 10.9 Å². The number of carbonyl (C=O) groups is 1. The highest BCUT2D eigenvalue weighted by atomic mass is 16.5.